The van der Waals surface area contributed by atoms with E-state index in [0.717, 1.165) is 16.9 Å². The molecular weight excluding hydrogens is 180 g/mol. The third-order valence-electron chi connectivity index (χ3n) is 1.82. The van der Waals surface area contributed by atoms with E-state index in [0.29, 0.717) is 0 Å². The van der Waals surface area contributed by atoms with Crippen molar-refractivity contribution >= 4 is 11.3 Å². The molecular formula is C11H8OS. The highest BCUT2D eigenvalue weighted by atomic mass is 32.1. The maximum Gasteiger partial charge on any atom is 0.118 e. The Kier molecular flexibility index (Phi) is 2.32. The van der Waals surface area contributed by atoms with Gasteiger partial charge >= 0.3 is 0 Å². The first-order valence-electron chi connectivity index (χ1n) is 3.92. The molecule has 0 bridgehead atoms. The van der Waals surface area contributed by atoms with Crippen molar-refractivity contribution in [1.29, 1.82) is 0 Å². The molecule has 2 heteroatoms. The Morgan fingerprint density at radius 2 is 2.00 bits per heavy atom. The Bertz CT molecular complexity index is 361. The van der Waals surface area contributed by atoms with Crippen molar-refractivity contribution in [2.75, 3.05) is 7.11 Å². The van der Waals surface area contributed by atoms with Crippen LogP contribution in [-0.2, 0) is 0 Å². The molecule has 0 fully saturated rings. The molecule has 2 radical (unpaired) electrons. The van der Waals surface area contributed by atoms with Gasteiger partial charge in [-0.1, -0.05) is 12.1 Å². The molecule has 1 nitrogen and oxygen atoms in total. The molecule has 1 heterocycles. The maximum atomic E-state index is 5.07. The lowest BCUT2D eigenvalue weighted by Gasteiger charge is -2.00. The third-order valence-corrected chi connectivity index (χ3v) is 2.38. The average Bonchev–Trinajstić information content (AvgIpc) is 2.71. The molecule has 64 valence electrons. The highest BCUT2D eigenvalue weighted by molar-refractivity contribution is 7.07. The molecule has 0 aliphatic carbocycles. The second kappa shape index (κ2) is 3.62. The van der Waals surface area contributed by atoms with Crippen LogP contribution in [0.15, 0.2) is 30.3 Å². The minimum absolute atomic E-state index is 0.878. The van der Waals surface area contributed by atoms with Gasteiger partial charge in [0.25, 0.3) is 0 Å². The number of rotatable bonds is 2. The quantitative estimate of drug-likeness (QED) is 0.704. The molecule has 2 rings (SSSR count). The van der Waals surface area contributed by atoms with Crippen LogP contribution < -0.4 is 4.74 Å². The van der Waals surface area contributed by atoms with Crippen LogP contribution in [0.1, 0.15) is 0 Å². The fourth-order valence-electron chi connectivity index (χ4n) is 1.12. The molecule has 0 aliphatic rings. The number of benzene rings is 1. The highest BCUT2D eigenvalue weighted by Crippen LogP contribution is 2.23. The summed E-state index contributed by atoms with van der Waals surface area (Å²) in [5.74, 6) is 0.878. The van der Waals surface area contributed by atoms with Crippen LogP contribution in [0.3, 0.4) is 0 Å². The average molecular weight is 188 g/mol. The topological polar surface area (TPSA) is 9.23 Å². The fourth-order valence-corrected chi connectivity index (χ4v) is 1.64. The molecule has 13 heavy (non-hydrogen) atoms. The van der Waals surface area contributed by atoms with Gasteiger partial charge in [-0.3, -0.25) is 0 Å². The summed E-state index contributed by atoms with van der Waals surface area (Å²) in [5, 5.41) is 6.15. The van der Waals surface area contributed by atoms with Crippen molar-refractivity contribution in [3.8, 4) is 16.9 Å². The molecule has 1 aromatic carbocycles. The predicted octanol–water partition coefficient (Wildman–Crippen LogP) is 3.02. The number of methoxy groups -OCH3 is 1. The smallest absolute Gasteiger partial charge is 0.118 e. The van der Waals surface area contributed by atoms with E-state index in [1.54, 1.807) is 7.11 Å². The van der Waals surface area contributed by atoms with Crippen LogP contribution >= 0.6 is 11.3 Å². The molecule has 1 aromatic heterocycles. The zero-order valence-electron chi connectivity index (χ0n) is 7.20. The van der Waals surface area contributed by atoms with Crippen LogP contribution in [0.2, 0.25) is 0 Å². The van der Waals surface area contributed by atoms with E-state index in [-0.39, 0.29) is 0 Å². The minimum Gasteiger partial charge on any atom is -0.497 e. The second-order valence-electron chi connectivity index (χ2n) is 2.61. The van der Waals surface area contributed by atoms with Crippen molar-refractivity contribution < 1.29 is 4.74 Å². The van der Waals surface area contributed by atoms with E-state index >= 15 is 0 Å². The first-order valence-corrected chi connectivity index (χ1v) is 4.74. The Morgan fingerprint density at radius 3 is 2.54 bits per heavy atom. The number of hydrogen-bond acceptors (Lipinski definition) is 2. The van der Waals surface area contributed by atoms with E-state index in [1.807, 2.05) is 30.3 Å². The zero-order chi connectivity index (χ0) is 9.10. The van der Waals surface area contributed by atoms with Gasteiger partial charge in [-0.05, 0) is 23.8 Å². The predicted molar refractivity (Wildman–Crippen MR) is 54.0 cm³/mol. The first-order chi connectivity index (χ1) is 6.40. The number of thiophene rings is 1. The van der Waals surface area contributed by atoms with Crippen molar-refractivity contribution in [2.45, 2.75) is 0 Å². The highest BCUT2D eigenvalue weighted by Gasteiger charge is 1.97. The summed E-state index contributed by atoms with van der Waals surface area (Å²) in [5.41, 5.74) is 2.24. The van der Waals surface area contributed by atoms with Crippen molar-refractivity contribution in [3.63, 3.8) is 0 Å². The first kappa shape index (κ1) is 8.32. The number of hydrogen-bond donors (Lipinski definition) is 0. The van der Waals surface area contributed by atoms with Gasteiger partial charge in [-0.2, -0.15) is 0 Å². The Morgan fingerprint density at radius 1 is 1.23 bits per heavy atom. The van der Waals surface area contributed by atoms with Crippen LogP contribution in [0.4, 0.5) is 0 Å². The molecule has 0 saturated carbocycles. The molecule has 0 N–H and O–H groups in total. The zero-order valence-corrected chi connectivity index (χ0v) is 8.02. The normalized spacial score (nSPS) is 9.92. The summed E-state index contributed by atoms with van der Waals surface area (Å²) in [6, 6.07) is 9.87. The number of ether oxygens (including phenoxy) is 1. The standard InChI is InChI=1S/C11H8OS/c1-12-11-4-2-9(3-5-11)10-6-7-13-8-10/h2-6H,1H3. The Labute approximate surface area is 81.6 Å². The molecule has 0 saturated heterocycles. The molecule has 2 aromatic rings. The lowest BCUT2D eigenvalue weighted by atomic mass is 10.1. The summed E-state index contributed by atoms with van der Waals surface area (Å²) in [4.78, 5) is 0. The van der Waals surface area contributed by atoms with Crippen LogP contribution in [0, 0.1) is 10.8 Å². The van der Waals surface area contributed by atoms with Crippen LogP contribution in [-0.4, -0.2) is 7.11 Å². The van der Waals surface area contributed by atoms with Gasteiger partial charge < -0.3 is 4.74 Å². The van der Waals surface area contributed by atoms with Gasteiger partial charge in [0, 0.05) is 10.9 Å². The van der Waals surface area contributed by atoms with E-state index in [2.05, 4.69) is 10.8 Å². The lowest BCUT2D eigenvalue weighted by Crippen LogP contribution is -1.81. The molecule has 0 spiro atoms. The summed E-state index contributed by atoms with van der Waals surface area (Å²) >= 11 is 1.46. The molecule has 0 aliphatic heterocycles. The van der Waals surface area contributed by atoms with Gasteiger partial charge in [-0.15, -0.1) is 11.3 Å². The third kappa shape index (κ3) is 1.73. The summed E-state index contributed by atoms with van der Waals surface area (Å²) in [7, 11) is 1.67. The van der Waals surface area contributed by atoms with Gasteiger partial charge in [0.05, 0.1) is 12.5 Å². The molecule has 0 atom stereocenters. The molecule has 0 amide bonds. The second-order valence-corrected chi connectivity index (χ2v) is 3.25. The van der Waals surface area contributed by atoms with E-state index in [4.69, 9.17) is 4.74 Å². The molecule has 0 unspecified atom stereocenters. The summed E-state index contributed by atoms with van der Waals surface area (Å²) in [6.07, 6.45) is 0. The maximum absolute atomic E-state index is 5.07. The van der Waals surface area contributed by atoms with Gasteiger partial charge in [-0.25, -0.2) is 0 Å². The minimum atomic E-state index is 0.878. The summed E-state index contributed by atoms with van der Waals surface area (Å²) in [6.45, 7) is 0. The Balaban J connectivity index is 2.33. The Hall–Kier alpha value is -1.28. The van der Waals surface area contributed by atoms with Crippen molar-refractivity contribution in [3.05, 3.63) is 41.1 Å². The van der Waals surface area contributed by atoms with Crippen LogP contribution in [0.5, 0.6) is 5.75 Å². The van der Waals surface area contributed by atoms with Gasteiger partial charge in [0.2, 0.25) is 0 Å². The lowest BCUT2D eigenvalue weighted by molar-refractivity contribution is 0.415. The summed E-state index contributed by atoms with van der Waals surface area (Å²) < 4.78 is 5.07. The van der Waals surface area contributed by atoms with Gasteiger partial charge in [0.15, 0.2) is 0 Å². The largest absolute Gasteiger partial charge is 0.497 e. The SMILES string of the molecule is COc1ccc(-c2[c]s[c]c2)cc1. The van der Waals surface area contributed by atoms with Crippen molar-refractivity contribution in [1.82, 2.24) is 0 Å². The monoisotopic (exact) mass is 188 g/mol. The van der Waals surface area contributed by atoms with E-state index in [1.165, 1.54) is 11.3 Å². The van der Waals surface area contributed by atoms with E-state index < -0.39 is 0 Å². The fraction of sp³-hybridized carbons (Fsp3) is 0.0909. The van der Waals surface area contributed by atoms with Crippen molar-refractivity contribution in [2.24, 2.45) is 0 Å². The van der Waals surface area contributed by atoms with Gasteiger partial charge in [0.1, 0.15) is 5.75 Å². The van der Waals surface area contributed by atoms with Crippen LogP contribution in [0.25, 0.3) is 11.1 Å². The van der Waals surface area contributed by atoms with E-state index in [9.17, 15) is 0 Å².